The van der Waals surface area contributed by atoms with Gasteiger partial charge in [0.15, 0.2) is 0 Å². The van der Waals surface area contributed by atoms with Gasteiger partial charge in [-0.05, 0) is 49.7 Å². The van der Waals surface area contributed by atoms with Gasteiger partial charge < -0.3 is 4.90 Å². The highest BCUT2D eigenvalue weighted by molar-refractivity contribution is 7.14. The molecule has 2 N–H and O–H groups in total. The third-order valence-electron chi connectivity index (χ3n) is 5.09. The summed E-state index contributed by atoms with van der Waals surface area (Å²) in [5.41, 5.74) is 6.33. The van der Waals surface area contributed by atoms with Crippen molar-refractivity contribution in [3.8, 4) is 0 Å². The van der Waals surface area contributed by atoms with E-state index in [0.29, 0.717) is 23.9 Å². The van der Waals surface area contributed by atoms with Crippen molar-refractivity contribution in [3.63, 3.8) is 0 Å². The van der Waals surface area contributed by atoms with Crippen LogP contribution in [-0.2, 0) is 22.4 Å². The molecular weight excluding hydrogens is 338 g/mol. The summed E-state index contributed by atoms with van der Waals surface area (Å²) in [6, 6.07) is 1.95. The lowest BCUT2D eigenvalue weighted by atomic mass is 9.90. The Labute approximate surface area is 151 Å². The van der Waals surface area contributed by atoms with Gasteiger partial charge in [-0.1, -0.05) is 6.92 Å². The molecule has 136 valence electrons. The highest BCUT2D eigenvalue weighted by Gasteiger charge is 2.27. The second-order valence-corrected chi connectivity index (χ2v) is 8.29. The molecule has 0 aromatic carbocycles. The van der Waals surface area contributed by atoms with Crippen molar-refractivity contribution < 1.29 is 14.4 Å². The monoisotopic (exact) mass is 363 g/mol. The summed E-state index contributed by atoms with van der Waals surface area (Å²) in [6.07, 6.45) is 4.76. The summed E-state index contributed by atoms with van der Waals surface area (Å²) in [7, 11) is 0. The molecule has 2 heterocycles. The fraction of sp³-hybridized carbons (Fsp3) is 0.611. The number of likely N-dealkylation sites (tertiary alicyclic amines) is 1. The summed E-state index contributed by atoms with van der Waals surface area (Å²) in [4.78, 5) is 39.7. The Morgan fingerprint density at radius 3 is 2.80 bits per heavy atom. The smallest absolute Gasteiger partial charge is 0.279 e. The Kier molecular flexibility index (Phi) is 5.42. The Morgan fingerprint density at radius 1 is 1.24 bits per heavy atom. The van der Waals surface area contributed by atoms with E-state index in [1.54, 1.807) is 4.90 Å². The van der Waals surface area contributed by atoms with E-state index >= 15 is 0 Å². The third kappa shape index (κ3) is 4.21. The molecule has 0 radical (unpaired) electrons. The lowest BCUT2D eigenvalue weighted by molar-refractivity contribution is -0.134. The molecule has 0 bridgehead atoms. The number of fused-ring (bicyclic) bond motifs is 1. The van der Waals surface area contributed by atoms with E-state index < -0.39 is 0 Å². The molecule has 25 heavy (non-hydrogen) atoms. The van der Waals surface area contributed by atoms with Crippen molar-refractivity contribution in [2.24, 2.45) is 11.8 Å². The number of nitrogens with one attached hydrogen (secondary N) is 2. The first-order chi connectivity index (χ1) is 11.9. The summed E-state index contributed by atoms with van der Waals surface area (Å²) >= 11 is 1.52. The zero-order valence-electron chi connectivity index (χ0n) is 14.8. The fourth-order valence-corrected chi connectivity index (χ4v) is 4.68. The molecule has 1 aromatic heterocycles. The lowest BCUT2D eigenvalue weighted by Gasteiger charge is -2.31. The van der Waals surface area contributed by atoms with E-state index in [-0.39, 0.29) is 23.6 Å². The first kappa shape index (κ1) is 17.9. The maximum absolute atomic E-state index is 12.3. The lowest BCUT2D eigenvalue weighted by Crippen LogP contribution is -2.49. The summed E-state index contributed by atoms with van der Waals surface area (Å²) in [6.45, 7) is 4.86. The zero-order chi connectivity index (χ0) is 18.0. The molecule has 0 unspecified atom stereocenters. The SMILES string of the molecule is CC(=O)N1CCC[C@@H](C(=O)NNC(=O)c2cc3c(s2)CC[C@H](C)C3)C1. The zero-order valence-corrected chi connectivity index (χ0v) is 15.6. The van der Waals surface area contributed by atoms with Crippen molar-refractivity contribution >= 4 is 29.1 Å². The van der Waals surface area contributed by atoms with E-state index in [2.05, 4.69) is 17.8 Å². The van der Waals surface area contributed by atoms with E-state index in [4.69, 9.17) is 0 Å². The van der Waals surface area contributed by atoms with Gasteiger partial charge in [0, 0.05) is 24.9 Å². The average molecular weight is 363 g/mol. The minimum atomic E-state index is -0.268. The summed E-state index contributed by atoms with van der Waals surface area (Å²) in [5.74, 6) is -0.114. The van der Waals surface area contributed by atoms with Crippen LogP contribution < -0.4 is 10.9 Å². The fourth-order valence-electron chi connectivity index (χ4n) is 3.58. The highest BCUT2D eigenvalue weighted by Crippen LogP contribution is 2.32. The number of carbonyl (C=O) groups excluding carboxylic acids is 3. The van der Waals surface area contributed by atoms with Crippen molar-refractivity contribution in [1.82, 2.24) is 15.8 Å². The standard InChI is InChI=1S/C18H25N3O3S/c1-11-5-6-15-14(8-11)9-16(25-15)18(24)20-19-17(23)13-4-3-7-21(10-13)12(2)22/h9,11,13H,3-8,10H2,1-2H3,(H,19,23)(H,20,24)/t11-,13+/m0/s1. The Bertz CT molecular complexity index is 685. The molecule has 0 spiro atoms. The van der Waals surface area contributed by atoms with Crippen LogP contribution in [-0.4, -0.2) is 35.7 Å². The third-order valence-corrected chi connectivity index (χ3v) is 6.33. The van der Waals surface area contributed by atoms with Gasteiger partial charge in [-0.25, -0.2) is 0 Å². The van der Waals surface area contributed by atoms with E-state index in [9.17, 15) is 14.4 Å². The first-order valence-electron chi connectivity index (χ1n) is 8.91. The van der Waals surface area contributed by atoms with Crippen LogP contribution in [0.5, 0.6) is 0 Å². The van der Waals surface area contributed by atoms with Crippen LogP contribution in [0, 0.1) is 11.8 Å². The van der Waals surface area contributed by atoms with Crippen molar-refractivity contribution in [1.29, 1.82) is 0 Å². The number of hydrogen-bond acceptors (Lipinski definition) is 4. The number of carbonyl (C=O) groups is 3. The van der Waals surface area contributed by atoms with Gasteiger partial charge in [-0.15, -0.1) is 11.3 Å². The van der Waals surface area contributed by atoms with Gasteiger partial charge in [-0.2, -0.15) is 0 Å². The van der Waals surface area contributed by atoms with Crippen LogP contribution in [0.4, 0.5) is 0 Å². The van der Waals surface area contributed by atoms with Crippen molar-refractivity contribution in [3.05, 3.63) is 21.4 Å². The molecule has 1 fully saturated rings. The Hall–Kier alpha value is -1.89. The predicted molar refractivity (Wildman–Crippen MR) is 96.1 cm³/mol. The van der Waals surface area contributed by atoms with Crippen LogP contribution in [0.25, 0.3) is 0 Å². The largest absolute Gasteiger partial charge is 0.342 e. The second kappa shape index (κ2) is 7.56. The number of nitrogens with zero attached hydrogens (tertiary/aromatic N) is 1. The van der Waals surface area contributed by atoms with Crippen LogP contribution in [0.3, 0.4) is 0 Å². The van der Waals surface area contributed by atoms with Crippen LogP contribution >= 0.6 is 11.3 Å². The van der Waals surface area contributed by atoms with E-state index in [1.165, 1.54) is 35.1 Å². The number of amides is 3. The van der Waals surface area contributed by atoms with Gasteiger partial charge in [0.05, 0.1) is 10.8 Å². The highest BCUT2D eigenvalue weighted by atomic mass is 32.1. The topological polar surface area (TPSA) is 78.5 Å². The van der Waals surface area contributed by atoms with Gasteiger partial charge >= 0.3 is 0 Å². The summed E-state index contributed by atoms with van der Waals surface area (Å²) < 4.78 is 0. The molecule has 1 aromatic rings. The van der Waals surface area contributed by atoms with Gasteiger partial charge in [0.25, 0.3) is 5.91 Å². The quantitative estimate of drug-likeness (QED) is 0.788. The van der Waals surface area contributed by atoms with E-state index in [0.717, 1.165) is 25.7 Å². The molecule has 2 atom stereocenters. The molecule has 0 saturated carbocycles. The van der Waals surface area contributed by atoms with E-state index in [1.807, 2.05) is 6.07 Å². The average Bonchev–Trinajstić information content (AvgIpc) is 3.02. The van der Waals surface area contributed by atoms with Crippen LogP contribution in [0.1, 0.15) is 53.2 Å². The normalized spacial score (nSPS) is 22.9. The first-order valence-corrected chi connectivity index (χ1v) is 9.73. The van der Waals surface area contributed by atoms with Gasteiger partial charge in [-0.3, -0.25) is 25.2 Å². The second-order valence-electron chi connectivity index (χ2n) is 7.15. The predicted octanol–water partition coefficient (Wildman–Crippen LogP) is 1.89. The van der Waals surface area contributed by atoms with Crippen molar-refractivity contribution in [2.75, 3.05) is 13.1 Å². The molecule has 3 rings (SSSR count). The molecule has 2 aliphatic rings. The Morgan fingerprint density at radius 2 is 2.04 bits per heavy atom. The number of aryl methyl sites for hydroxylation is 1. The molecule has 1 aliphatic heterocycles. The number of thiophene rings is 1. The number of piperidine rings is 1. The van der Waals surface area contributed by atoms with Crippen molar-refractivity contribution in [2.45, 2.75) is 46.0 Å². The maximum atomic E-state index is 12.3. The number of hydrogen-bond donors (Lipinski definition) is 2. The Balaban J connectivity index is 1.53. The van der Waals surface area contributed by atoms with Gasteiger partial charge in [0.2, 0.25) is 11.8 Å². The minimum Gasteiger partial charge on any atom is -0.342 e. The molecule has 1 saturated heterocycles. The summed E-state index contributed by atoms with van der Waals surface area (Å²) in [5, 5.41) is 0. The minimum absolute atomic E-state index is 0.0140. The number of rotatable bonds is 2. The molecule has 6 nitrogen and oxygen atoms in total. The molecule has 7 heteroatoms. The molecular formula is C18H25N3O3S. The molecule has 1 aliphatic carbocycles. The van der Waals surface area contributed by atoms with Crippen LogP contribution in [0.2, 0.25) is 0 Å². The van der Waals surface area contributed by atoms with Gasteiger partial charge in [0.1, 0.15) is 0 Å². The van der Waals surface area contributed by atoms with Crippen LogP contribution in [0.15, 0.2) is 6.07 Å². The maximum Gasteiger partial charge on any atom is 0.279 e. The molecule has 3 amide bonds. The number of hydrazine groups is 1.